The molecule has 3 N–H and O–H groups in total. The van der Waals surface area contributed by atoms with E-state index in [0.717, 1.165) is 25.3 Å². The fraction of sp³-hybridized carbons (Fsp3) is 0.400. The maximum atomic E-state index is 13.9. The van der Waals surface area contributed by atoms with Crippen molar-refractivity contribution in [3.05, 3.63) is 48.1 Å². The topological polar surface area (TPSA) is 50.4 Å². The van der Waals surface area contributed by atoms with Crippen molar-refractivity contribution < 1.29 is 8.78 Å². The Labute approximate surface area is 117 Å². The molecule has 0 saturated heterocycles. The second-order valence-electron chi connectivity index (χ2n) is 5.01. The number of benzene rings is 1. The molecule has 1 heterocycles. The van der Waals surface area contributed by atoms with Crippen LogP contribution in [-0.2, 0) is 0 Å². The molecule has 2 unspecified atom stereocenters. The number of amidine groups is 1. The predicted octanol–water partition coefficient (Wildman–Crippen LogP) is 2.90. The van der Waals surface area contributed by atoms with Gasteiger partial charge in [-0.1, -0.05) is 18.2 Å². The van der Waals surface area contributed by atoms with Crippen molar-refractivity contribution >= 4 is 5.84 Å². The first-order valence-electron chi connectivity index (χ1n) is 6.73. The standard InChI is InChI=1S/C15H19F2N3/c1-2-4-10-7-8-11(9-19-15(10)20-18)12-5-3-6-13(16)14(12)17/h2-3,5-6,10-11H,1,4,7-9,18H2,(H,19,20). The molecule has 108 valence electrons. The molecule has 0 aliphatic carbocycles. The summed E-state index contributed by atoms with van der Waals surface area (Å²) < 4.78 is 27.2. The number of allylic oxidation sites excluding steroid dienone is 1. The minimum absolute atomic E-state index is 0.121. The second kappa shape index (κ2) is 6.61. The Balaban J connectivity index is 2.22. The molecule has 0 bridgehead atoms. The molecular weight excluding hydrogens is 260 g/mol. The lowest BCUT2D eigenvalue weighted by molar-refractivity contribution is 0.475. The molecule has 20 heavy (non-hydrogen) atoms. The molecule has 1 aromatic carbocycles. The number of hydrogen-bond acceptors (Lipinski definition) is 3. The largest absolute Gasteiger partial charge is 0.312 e. The fourth-order valence-corrected chi connectivity index (χ4v) is 2.65. The third kappa shape index (κ3) is 3.04. The highest BCUT2D eigenvalue weighted by molar-refractivity contribution is 5.84. The summed E-state index contributed by atoms with van der Waals surface area (Å²) in [5.74, 6) is 4.66. The fourth-order valence-electron chi connectivity index (χ4n) is 2.65. The van der Waals surface area contributed by atoms with E-state index < -0.39 is 11.6 Å². The van der Waals surface area contributed by atoms with E-state index in [-0.39, 0.29) is 11.8 Å². The summed E-state index contributed by atoms with van der Waals surface area (Å²) in [6, 6.07) is 4.29. The van der Waals surface area contributed by atoms with Crippen LogP contribution in [0.4, 0.5) is 8.78 Å². The molecule has 0 amide bonds. The van der Waals surface area contributed by atoms with Gasteiger partial charge in [-0.05, 0) is 30.9 Å². The summed E-state index contributed by atoms with van der Waals surface area (Å²) in [6.07, 6.45) is 4.14. The van der Waals surface area contributed by atoms with Gasteiger partial charge in [0.25, 0.3) is 0 Å². The van der Waals surface area contributed by atoms with Gasteiger partial charge in [0.05, 0.1) is 0 Å². The number of hydrogen-bond donors (Lipinski definition) is 2. The molecule has 1 aliphatic heterocycles. The lowest BCUT2D eigenvalue weighted by Crippen LogP contribution is -2.35. The van der Waals surface area contributed by atoms with Crippen LogP contribution in [0, 0.1) is 17.6 Å². The van der Waals surface area contributed by atoms with E-state index in [1.807, 2.05) is 6.08 Å². The van der Waals surface area contributed by atoms with E-state index in [9.17, 15) is 8.78 Å². The minimum Gasteiger partial charge on any atom is -0.312 e. The SMILES string of the molecule is C=CCC1CCC(c2cccc(F)c2F)CN=C1NN. The van der Waals surface area contributed by atoms with Crippen molar-refractivity contribution in [3.63, 3.8) is 0 Å². The molecule has 1 aromatic rings. The number of rotatable bonds is 3. The normalized spacial score (nSPS) is 22.9. The Morgan fingerprint density at radius 1 is 1.40 bits per heavy atom. The van der Waals surface area contributed by atoms with Crippen LogP contribution in [0.25, 0.3) is 0 Å². The summed E-state index contributed by atoms with van der Waals surface area (Å²) in [7, 11) is 0. The van der Waals surface area contributed by atoms with Crippen LogP contribution in [0.1, 0.15) is 30.7 Å². The average Bonchev–Trinajstić information content (AvgIpc) is 2.65. The van der Waals surface area contributed by atoms with Gasteiger partial charge in [0.1, 0.15) is 5.84 Å². The number of hydrazine groups is 1. The maximum absolute atomic E-state index is 13.9. The van der Waals surface area contributed by atoms with Gasteiger partial charge in [-0.2, -0.15) is 0 Å². The van der Waals surface area contributed by atoms with Crippen LogP contribution >= 0.6 is 0 Å². The van der Waals surface area contributed by atoms with E-state index in [2.05, 4.69) is 17.0 Å². The van der Waals surface area contributed by atoms with E-state index in [1.54, 1.807) is 6.07 Å². The highest BCUT2D eigenvalue weighted by atomic mass is 19.2. The average molecular weight is 279 g/mol. The van der Waals surface area contributed by atoms with Crippen molar-refractivity contribution in [2.75, 3.05) is 6.54 Å². The molecule has 2 atom stereocenters. The lowest BCUT2D eigenvalue weighted by atomic mass is 9.90. The maximum Gasteiger partial charge on any atom is 0.162 e. The minimum atomic E-state index is -0.810. The van der Waals surface area contributed by atoms with Crippen molar-refractivity contribution in [3.8, 4) is 0 Å². The zero-order chi connectivity index (χ0) is 14.5. The van der Waals surface area contributed by atoms with Crippen molar-refractivity contribution in [1.82, 2.24) is 5.43 Å². The first-order valence-corrected chi connectivity index (χ1v) is 6.73. The molecule has 3 nitrogen and oxygen atoms in total. The number of nitrogens with zero attached hydrogens (tertiary/aromatic N) is 1. The molecule has 0 aromatic heterocycles. The molecule has 0 fully saturated rings. The Hall–Kier alpha value is -1.75. The quantitative estimate of drug-likeness (QED) is 0.508. The van der Waals surface area contributed by atoms with E-state index in [4.69, 9.17) is 5.84 Å². The first-order chi connectivity index (χ1) is 9.67. The summed E-state index contributed by atoms with van der Waals surface area (Å²) in [6.45, 7) is 4.13. The van der Waals surface area contributed by atoms with Crippen LogP contribution in [-0.4, -0.2) is 12.4 Å². The molecule has 2 rings (SSSR count). The van der Waals surface area contributed by atoms with Gasteiger partial charge < -0.3 is 5.43 Å². The van der Waals surface area contributed by atoms with Crippen LogP contribution in [0.2, 0.25) is 0 Å². The Morgan fingerprint density at radius 2 is 2.20 bits per heavy atom. The number of halogens is 2. The highest BCUT2D eigenvalue weighted by Gasteiger charge is 2.24. The number of aliphatic imine (C=N–C) groups is 1. The third-order valence-electron chi connectivity index (χ3n) is 3.75. The van der Waals surface area contributed by atoms with Gasteiger partial charge in [-0.15, -0.1) is 6.58 Å². The molecule has 5 heteroatoms. The molecule has 1 aliphatic rings. The molecular formula is C15H19F2N3. The lowest BCUT2D eigenvalue weighted by Gasteiger charge is -2.16. The van der Waals surface area contributed by atoms with Crippen LogP contribution in [0.15, 0.2) is 35.8 Å². The van der Waals surface area contributed by atoms with E-state index in [1.165, 1.54) is 6.07 Å². The number of nitrogens with one attached hydrogen (secondary N) is 1. The molecule has 0 radical (unpaired) electrons. The zero-order valence-electron chi connectivity index (χ0n) is 11.3. The third-order valence-corrected chi connectivity index (χ3v) is 3.75. The van der Waals surface area contributed by atoms with E-state index >= 15 is 0 Å². The van der Waals surface area contributed by atoms with E-state index in [0.29, 0.717) is 17.9 Å². The first kappa shape index (κ1) is 14.7. The van der Waals surface area contributed by atoms with Crippen molar-refractivity contribution in [2.45, 2.75) is 25.2 Å². The van der Waals surface area contributed by atoms with Crippen molar-refractivity contribution in [2.24, 2.45) is 16.8 Å². The zero-order valence-corrected chi connectivity index (χ0v) is 11.3. The molecule has 0 saturated carbocycles. The monoisotopic (exact) mass is 279 g/mol. The summed E-state index contributed by atoms with van der Waals surface area (Å²) in [5, 5.41) is 0. The van der Waals surface area contributed by atoms with Crippen LogP contribution in [0.3, 0.4) is 0 Å². The van der Waals surface area contributed by atoms with Crippen LogP contribution < -0.4 is 11.3 Å². The summed E-state index contributed by atoms with van der Waals surface area (Å²) >= 11 is 0. The van der Waals surface area contributed by atoms with Gasteiger partial charge in [-0.3, -0.25) is 4.99 Å². The smallest absolute Gasteiger partial charge is 0.162 e. The Kier molecular flexibility index (Phi) is 4.84. The highest BCUT2D eigenvalue weighted by Crippen LogP contribution is 2.30. The van der Waals surface area contributed by atoms with Gasteiger partial charge in [0.15, 0.2) is 11.6 Å². The summed E-state index contributed by atoms with van der Waals surface area (Å²) in [5.41, 5.74) is 3.00. The van der Waals surface area contributed by atoms with Gasteiger partial charge in [0.2, 0.25) is 0 Å². The van der Waals surface area contributed by atoms with Crippen LogP contribution in [0.5, 0.6) is 0 Å². The predicted molar refractivity (Wildman–Crippen MR) is 76.3 cm³/mol. The molecule has 0 spiro atoms. The number of nitrogens with two attached hydrogens (primary N) is 1. The van der Waals surface area contributed by atoms with Gasteiger partial charge in [0, 0.05) is 18.4 Å². The van der Waals surface area contributed by atoms with Gasteiger partial charge in [-0.25, -0.2) is 14.6 Å². The second-order valence-corrected chi connectivity index (χ2v) is 5.01. The summed E-state index contributed by atoms with van der Waals surface area (Å²) in [4.78, 5) is 4.41. The van der Waals surface area contributed by atoms with Gasteiger partial charge >= 0.3 is 0 Å². The Bertz CT molecular complexity index is 514. The van der Waals surface area contributed by atoms with Crippen molar-refractivity contribution in [1.29, 1.82) is 0 Å². The Morgan fingerprint density at radius 3 is 2.90 bits per heavy atom.